The molecule has 0 aliphatic carbocycles. The van der Waals surface area contributed by atoms with E-state index in [1.165, 1.54) is 11.0 Å². The van der Waals surface area contributed by atoms with Crippen molar-refractivity contribution < 1.29 is 4.79 Å². The van der Waals surface area contributed by atoms with Crippen LogP contribution in [0.3, 0.4) is 0 Å². The van der Waals surface area contributed by atoms with E-state index in [9.17, 15) is 4.79 Å². The topological polar surface area (TPSA) is 72.7 Å². The average molecular weight is 231 g/mol. The number of nitrogens with one attached hydrogen (secondary N) is 1. The number of aryl methyl sites for hydroxylation is 2. The zero-order chi connectivity index (χ0) is 12.1. The summed E-state index contributed by atoms with van der Waals surface area (Å²) in [5, 5.41) is 10.5. The second kappa shape index (κ2) is 5.20. The Morgan fingerprint density at radius 2 is 2.18 bits per heavy atom. The van der Waals surface area contributed by atoms with Crippen molar-refractivity contribution in [1.29, 1.82) is 0 Å². The van der Waals surface area contributed by atoms with Crippen LogP contribution in [0.2, 0.25) is 0 Å². The fourth-order valence-corrected chi connectivity index (χ4v) is 1.42. The molecule has 17 heavy (non-hydrogen) atoms. The van der Waals surface area contributed by atoms with Crippen LogP contribution < -0.4 is 5.32 Å². The van der Waals surface area contributed by atoms with Gasteiger partial charge in [-0.15, -0.1) is 5.10 Å². The second-order valence-electron chi connectivity index (χ2n) is 3.62. The zero-order valence-electron chi connectivity index (χ0n) is 9.50. The summed E-state index contributed by atoms with van der Waals surface area (Å²) in [6, 6.07) is 3.80. The Hall–Kier alpha value is -2.24. The van der Waals surface area contributed by atoms with Crippen molar-refractivity contribution in [3.8, 4) is 0 Å². The van der Waals surface area contributed by atoms with Gasteiger partial charge in [0.2, 0.25) is 5.91 Å². The lowest BCUT2D eigenvalue weighted by atomic mass is 10.1. The Morgan fingerprint density at radius 1 is 1.41 bits per heavy atom. The lowest BCUT2D eigenvalue weighted by Crippen LogP contribution is -2.13. The van der Waals surface area contributed by atoms with Crippen molar-refractivity contribution in [2.24, 2.45) is 7.05 Å². The molecule has 0 bridgehead atoms. The van der Waals surface area contributed by atoms with Gasteiger partial charge in [-0.25, -0.2) is 0 Å². The number of amides is 1. The van der Waals surface area contributed by atoms with Gasteiger partial charge in [-0.3, -0.25) is 9.78 Å². The number of aromatic nitrogens is 4. The van der Waals surface area contributed by atoms with E-state index in [1.807, 2.05) is 12.1 Å². The van der Waals surface area contributed by atoms with Crippen LogP contribution in [-0.4, -0.2) is 25.9 Å². The first-order valence-corrected chi connectivity index (χ1v) is 5.29. The summed E-state index contributed by atoms with van der Waals surface area (Å²) in [7, 11) is 1.70. The first-order valence-electron chi connectivity index (χ1n) is 5.29. The van der Waals surface area contributed by atoms with Crippen molar-refractivity contribution in [3.05, 3.63) is 36.3 Å². The molecule has 0 aliphatic heterocycles. The van der Waals surface area contributed by atoms with Crippen LogP contribution in [0.15, 0.2) is 30.7 Å². The average Bonchev–Trinajstić information content (AvgIpc) is 2.73. The molecule has 0 aliphatic rings. The fourth-order valence-electron chi connectivity index (χ4n) is 1.42. The number of hydrogen-bond donors (Lipinski definition) is 1. The largest absolute Gasteiger partial charge is 0.308 e. The van der Waals surface area contributed by atoms with E-state index in [2.05, 4.69) is 20.5 Å². The van der Waals surface area contributed by atoms with Gasteiger partial charge in [0.05, 0.1) is 6.20 Å². The highest BCUT2D eigenvalue weighted by atomic mass is 16.1. The summed E-state index contributed by atoms with van der Waals surface area (Å²) in [4.78, 5) is 16.9. The second-order valence-corrected chi connectivity index (χ2v) is 3.62. The molecule has 2 heterocycles. The number of carbonyl (C=O) groups excluding carboxylic acids is 1. The molecule has 0 unspecified atom stereocenters. The summed E-state index contributed by atoms with van der Waals surface area (Å²) in [5.74, 6) is 0.412. The molecule has 0 spiro atoms. The van der Waals surface area contributed by atoms with Gasteiger partial charge in [-0.2, -0.15) is 9.90 Å². The van der Waals surface area contributed by atoms with Gasteiger partial charge in [0.15, 0.2) is 5.82 Å². The quantitative estimate of drug-likeness (QED) is 0.844. The van der Waals surface area contributed by atoms with Gasteiger partial charge in [-0.05, 0) is 24.1 Å². The van der Waals surface area contributed by atoms with Crippen molar-refractivity contribution in [2.45, 2.75) is 12.8 Å². The van der Waals surface area contributed by atoms with Crippen LogP contribution in [0.1, 0.15) is 12.0 Å². The Morgan fingerprint density at radius 3 is 2.82 bits per heavy atom. The Labute approximate surface area is 98.7 Å². The monoisotopic (exact) mass is 231 g/mol. The number of pyridine rings is 1. The SMILES string of the molecule is Cn1ncc(NC(=O)CCc2ccncc2)n1. The minimum Gasteiger partial charge on any atom is -0.308 e. The minimum atomic E-state index is -0.0673. The van der Waals surface area contributed by atoms with Crippen molar-refractivity contribution in [3.63, 3.8) is 0 Å². The maximum absolute atomic E-state index is 11.6. The Balaban J connectivity index is 1.82. The summed E-state index contributed by atoms with van der Waals surface area (Å²) in [6.45, 7) is 0. The van der Waals surface area contributed by atoms with Crippen LogP contribution in [0.25, 0.3) is 0 Å². The van der Waals surface area contributed by atoms with Gasteiger partial charge in [0.25, 0.3) is 0 Å². The third-order valence-corrected chi connectivity index (χ3v) is 2.26. The molecular formula is C11H13N5O. The number of hydrogen-bond acceptors (Lipinski definition) is 4. The van der Waals surface area contributed by atoms with E-state index in [0.717, 1.165) is 5.56 Å². The number of carbonyl (C=O) groups is 1. The number of nitrogens with zero attached hydrogens (tertiary/aromatic N) is 4. The van der Waals surface area contributed by atoms with Gasteiger partial charge in [0.1, 0.15) is 0 Å². The number of anilines is 1. The zero-order valence-corrected chi connectivity index (χ0v) is 9.50. The highest BCUT2D eigenvalue weighted by molar-refractivity contribution is 5.89. The van der Waals surface area contributed by atoms with E-state index in [0.29, 0.717) is 18.7 Å². The van der Waals surface area contributed by atoms with Crippen molar-refractivity contribution in [2.75, 3.05) is 5.32 Å². The van der Waals surface area contributed by atoms with Crippen LogP contribution >= 0.6 is 0 Å². The van der Waals surface area contributed by atoms with E-state index >= 15 is 0 Å². The molecule has 0 atom stereocenters. The predicted molar refractivity (Wildman–Crippen MR) is 62.2 cm³/mol. The standard InChI is InChI=1S/C11H13N5O/c1-16-13-8-10(15-16)14-11(17)3-2-9-4-6-12-7-5-9/h4-8H,2-3H2,1H3,(H,14,15,17). The van der Waals surface area contributed by atoms with E-state index < -0.39 is 0 Å². The lowest BCUT2D eigenvalue weighted by molar-refractivity contribution is -0.116. The molecule has 6 nitrogen and oxygen atoms in total. The smallest absolute Gasteiger partial charge is 0.225 e. The maximum atomic E-state index is 11.6. The van der Waals surface area contributed by atoms with Crippen LogP contribution in [0.4, 0.5) is 5.82 Å². The van der Waals surface area contributed by atoms with Crippen LogP contribution in [0, 0.1) is 0 Å². The van der Waals surface area contributed by atoms with Gasteiger partial charge in [0, 0.05) is 25.9 Å². The molecular weight excluding hydrogens is 218 g/mol. The molecule has 0 saturated heterocycles. The van der Waals surface area contributed by atoms with Crippen molar-refractivity contribution >= 4 is 11.7 Å². The molecule has 6 heteroatoms. The minimum absolute atomic E-state index is 0.0673. The molecule has 88 valence electrons. The molecule has 1 amide bonds. The Bertz CT molecular complexity index is 494. The molecule has 0 radical (unpaired) electrons. The van der Waals surface area contributed by atoms with Crippen molar-refractivity contribution in [1.82, 2.24) is 20.0 Å². The predicted octanol–water partition coefficient (Wildman–Crippen LogP) is 0.781. The van der Waals surface area contributed by atoms with Gasteiger partial charge >= 0.3 is 0 Å². The van der Waals surface area contributed by atoms with E-state index in [1.54, 1.807) is 19.4 Å². The Kier molecular flexibility index (Phi) is 3.44. The molecule has 0 aromatic carbocycles. The van der Waals surface area contributed by atoms with E-state index in [-0.39, 0.29) is 5.91 Å². The molecule has 2 rings (SSSR count). The molecule has 2 aromatic rings. The first-order chi connectivity index (χ1) is 8.24. The summed E-state index contributed by atoms with van der Waals surface area (Å²) >= 11 is 0. The molecule has 0 saturated carbocycles. The molecule has 1 N–H and O–H groups in total. The summed E-state index contributed by atoms with van der Waals surface area (Å²) in [6.07, 6.45) is 6.06. The first kappa shape index (κ1) is 11.3. The lowest BCUT2D eigenvalue weighted by Gasteiger charge is -2.01. The molecule has 2 aromatic heterocycles. The number of rotatable bonds is 4. The summed E-state index contributed by atoms with van der Waals surface area (Å²) in [5.41, 5.74) is 1.09. The molecule has 0 fully saturated rings. The highest BCUT2D eigenvalue weighted by Gasteiger charge is 2.05. The van der Waals surface area contributed by atoms with Crippen LogP contribution in [0.5, 0.6) is 0 Å². The van der Waals surface area contributed by atoms with E-state index in [4.69, 9.17) is 0 Å². The van der Waals surface area contributed by atoms with Gasteiger partial charge < -0.3 is 5.32 Å². The third kappa shape index (κ3) is 3.37. The van der Waals surface area contributed by atoms with Crippen LogP contribution in [-0.2, 0) is 18.3 Å². The summed E-state index contributed by atoms with van der Waals surface area (Å²) < 4.78 is 0. The highest BCUT2D eigenvalue weighted by Crippen LogP contribution is 2.03. The normalized spacial score (nSPS) is 10.2. The fraction of sp³-hybridized carbons (Fsp3) is 0.273. The third-order valence-electron chi connectivity index (χ3n) is 2.26. The van der Waals surface area contributed by atoms with Gasteiger partial charge in [-0.1, -0.05) is 0 Å². The maximum Gasteiger partial charge on any atom is 0.225 e.